The molecule has 0 bridgehead atoms. The van der Waals surface area contributed by atoms with E-state index in [0.29, 0.717) is 5.65 Å². The molecule has 2 aromatic heterocycles. The van der Waals surface area contributed by atoms with Crippen molar-refractivity contribution < 1.29 is 4.98 Å². The van der Waals surface area contributed by atoms with E-state index in [-0.39, 0.29) is 10.7 Å². The zero-order valence-electron chi connectivity index (χ0n) is 9.56. The van der Waals surface area contributed by atoms with Crippen molar-refractivity contribution >= 4 is 28.6 Å². The molecule has 0 aliphatic rings. The molecule has 0 aliphatic heterocycles. The van der Waals surface area contributed by atoms with E-state index in [0.717, 1.165) is 17.9 Å². The van der Waals surface area contributed by atoms with Gasteiger partial charge in [-0.15, -0.1) is 0 Å². The number of aromatic nitrogens is 4. The van der Waals surface area contributed by atoms with E-state index < -0.39 is 0 Å². The summed E-state index contributed by atoms with van der Waals surface area (Å²) in [6.45, 7) is 7.27. The smallest absolute Gasteiger partial charge is 0.306 e. The summed E-state index contributed by atoms with van der Waals surface area (Å²) in [5.41, 5.74) is 1.73. The minimum absolute atomic E-state index is 0.181. The Kier molecular flexibility index (Phi) is 2.71. The first-order chi connectivity index (χ1) is 7.46. The maximum absolute atomic E-state index is 5.83. The molecule has 2 aromatic rings. The standard InChI is InChI=1S/C10H14ClN5/c1-10(2,3)4-12-7-6-8(14-5-13-6)16-9(11)15-7/h5H,4H2,1-3H3,(H2,12,13,14,15,16)/p+1. The van der Waals surface area contributed by atoms with Crippen LogP contribution in [-0.2, 0) is 0 Å². The third-order valence-corrected chi connectivity index (χ3v) is 2.26. The quantitative estimate of drug-likeness (QED) is 0.788. The van der Waals surface area contributed by atoms with E-state index in [1.807, 2.05) is 0 Å². The van der Waals surface area contributed by atoms with Crippen LogP contribution in [0.25, 0.3) is 11.2 Å². The monoisotopic (exact) mass is 240 g/mol. The van der Waals surface area contributed by atoms with Crippen LogP contribution in [0, 0.1) is 5.41 Å². The van der Waals surface area contributed by atoms with Gasteiger partial charge < -0.3 is 5.32 Å². The summed E-state index contributed by atoms with van der Waals surface area (Å²) in [4.78, 5) is 14.3. The van der Waals surface area contributed by atoms with E-state index in [4.69, 9.17) is 11.6 Å². The third kappa shape index (κ3) is 2.41. The summed E-state index contributed by atoms with van der Waals surface area (Å²) in [5.74, 6) is 0.728. The molecule has 86 valence electrons. The molecule has 16 heavy (non-hydrogen) atoms. The lowest BCUT2D eigenvalue weighted by Gasteiger charge is -2.18. The van der Waals surface area contributed by atoms with Crippen LogP contribution in [-0.4, -0.2) is 21.5 Å². The second-order valence-corrected chi connectivity index (χ2v) is 5.25. The van der Waals surface area contributed by atoms with Crippen LogP contribution in [0.15, 0.2) is 6.33 Å². The predicted octanol–water partition coefficient (Wildman–Crippen LogP) is 1.88. The molecule has 0 aliphatic carbocycles. The molecule has 0 saturated carbocycles. The highest BCUT2D eigenvalue weighted by Gasteiger charge is 2.16. The number of anilines is 1. The number of hydrogen-bond donors (Lipinski definition) is 2. The summed E-state index contributed by atoms with van der Waals surface area (Å²) in [6, 6.07) is 0. The molecule has 0 amide bonds. The van der Waals surface area contributed by atoms with Crippen molar-refractivity contribution in [3.63, 3.8) is 0 Å². The Morgan fingerprint density at radius 2 is 2.19 bits per heavy atom. The molecule has 0 spiro atoms. The lowest BCUT2D eigenvalue weighted by Crippen LogP contribution is -2.20. The van der Waals surface area contributed by atoms with Gasteiger partial charge in [0.15, 0.2) is 12.1 Å². The zero-order chi connectivity index (χ0) is 11.8. The molecule has 5 nitrogen and oxygen atoms in total. The molecule has 6 heteroatoms. The molecule has 0 saturated heterocycles. The highest BCUT2D eigenvalue weighted by molar-refractivity contribution is 6.28. The molecule has 0 atom stereocenters. The fraction of sp³-hybridized carbons (Fsp3) is 0.500. The highest BCUT2D eigenvalue weighted by atomic mass is 35.5. The van der Waals surface area contributed by atoms with Crippen molar-refractivity contribution in [1.82, 2.24) is 15.0 Å². The van der Waals surface area contributed by atoms with Crippen molar-refractivity contribution in [2.24, 2.45) is 5.41 Å². The van der Waals surface area contributed by atoms with Crippen LogP contribution >= 0.6 is 11.6 Å². The summed E-state index contributed by atoms with van der Waals surface area (Å²) in [7, 11) is 0. The largest absolute Gasteiger partial charge is 0.366 e. The van der Waals surface area contributed by atoms with Gasteiger partial charge in [0.25, 0.3) is 0 Å². The minimum atomic E-state index is 0.181. The number of H-pyrrole nitrogens is 2. The van der Waals surface area contributed by atoms with E-state index in [2.05, 4.69) is 46.0 Å². The van der Waals surface area contributed by atoms with Gasteiger partial charge >= 0.3 is 10.9 Å². The maximum Gasteiger partial charge on any atom is 0.306 e. The Hall–Kier alpha value is -1.36. The van der Waals surface area contributed by atoms with Crippen molar-refractivity contribution in [1.29, 1.82) is 0 Å². The maximum atomic E-state index is 5.83. The summed E-state index contributed by atoms with van der Waals surface area (Å²) >= 11 is 5.83. The molecule has 0 radical (unpaired) electrons. The van der Waals surface area contributed by atoms with Crippen LogP contribution in [0.3, 0.4) is 0 Å². The van der Waals surface area contributed by atoms with Gasteiger partial charge in [-0.1, -0.05) is 25.8 Å². The van der Waals surface area contributed by atoms with Gasteiger partial charge in [-0.2, -0.15) is 4.98 Å². The van der Waals surface area contributed by atoms with E-state index in [1.54, 1.807) is 6.33 Å². The van der Waals surface area contributed by atoms with Crippen molar-refractivity contribution in [3.05, 3.63) is 11.6 Å². The molecule has 2 heterocycles. The van der Waals surface area contributed by atoms with Gasteiger partial charge in [0.1, 0.15) is 0 Å². The number of aromatic amines is 2. The molecule has 0 unspecified atom stereocenters. The summed E-state index contributed by atoms with van der Waals surface area (Å²) < 4.78 is 0. The lowest BCUT2D eigenvalue weighted by atomic mass is 9.97. The summed E-state index contributed by atoms with van der Waals surface area (Å²) in [6.07, 6.45) is 1.71. The Bertz CT molecular complexity index is 499. The van der Waals surface area contributed by atoms with Crippen LogP contribution in [0.4, 0.5) is 5.82 Å². The van der Waals surface area contributed by atoms with Gasteiger partial charge in [-0.05, 0) is 17.0 Å². The highest BCUT2D eigenvalue weighted by Crippen LogP contribution is 2.19. The molecular formula is C10H15ClN5+. The first kappa shape index (κ1) is 11.1. The third-order valence-electron chi connectivity index (χ3n) is 2.09. The number of nitrogens with one attached hydrogen (secondary N) is 3. The van der Waals surface area contributed by atoms with Gasteiger partial charge in [-0.3, -0.25) is 4.98 Å². The molecule has 2 rings (SSSR count). The number of nitrogens with zero attached hydrogens (tertiary/aromatic N) is 2. The molecule has 0 aromatic carbocycles. The van der Waals surface area contributed by atoms with Gasteiger partial charge in [0.05, 0.1) is 0 Å². The van der Waals surface area contributed by atoms with E-state index >= 15 is 0 Å². The van der Waals surface area contributed by atoms with Crippen LogP contribution in [0.5, 0.6) is 0 Å². The van der Waals surface area contributed by atoms with Gasteiger partial charge in [0.2, 0.25) is 5.52 Å². The normalized spacial score (nSPS) is 12.0. The lowest BCUT2D eigenvalue weighted by molar-refractivity contribution is -0.347. The number of rotatable bonds is 2. The topological polar surface area (TPSA) is 67.7 Å². The summed E-state index contributed by atoms with van der Waals surface area (Å²) in [5, 5.41) is 3.50. The number of imidazole rings is 1. The molecule has 0 fully saturated rings. The van der Waals surface area contributed by atoms with Crippen LogP contribution in [0.1, 0.15) is 20.8 Å². The average molecular weight is 241 g/mol. The average Bonchev–Trinajstić information content (AvgIpc) is 2.60. The predicted molar refractivity (Wildman–Crippen MR) is 63.4 cm³/mol. The van der Waals surface area contributed by atoms with E-state index in [1.165, 1.54) is 0 Å². The van der Waals surface area contributed by atoms with Crippen molar-refractivity contribution in [2.75, 3.05) is 11.9 Å². The second kappa shape index (κ2) is 3.90. The van der Waals surface area contributed by atoms with Gasteiger partial charge in [0, 0.05) is 6.54 Å². The number of halogens is 1. The Morgan fingerprint density at radius 1 is 1.44 bits per heavy atom. The Morgan fingerprint density at radius 3 is 2.88 bits per heavy atom. The fourth-order valence-electron chi connectivity index (χ4n) is 1.33. The SMILES string of the molecule is CC(C)(C)CNc1nc(Cl)nc2[nH+]c[nH]c12. The number of hydrogen-bond acceptors (Lipinski definition) is 3. The molecular weight excluding hydrogens is 226 g/mol. The van der Waals surface area contributed by atoms with Crippen molar-refractivity contribution in [3.8, 4) is 0 Å². The minimum Gasteiger partial charge on any atom is -0.366 e. The first-order valence-electron chi connectivity index (χ1n) is 5.12. The first-order valence-corrected chi connectivity index (χ1v) is 5.50. The van der Waals surface area contributed by atoms with Crippen LogP contribution in [0.2, 0.25) is 5.28 Å². The Labute approximate surface area is 98.7 Å². The zero-order valence-corrected chi connectivity index (χ0v) is 10.3. The van der Waals surface area contributed by atoms with Gasteiger partial charge in [-0.25, -0.2) is 4.98 Å². The van der Waals surface area contributed by atoms with E-state index in [9.17, 15) is 0 Å². The fourth-order valence-corrected chi connectivity index (χ4v) is 1.50. The van der Waals surface area contributed by atoms with Crippen molar-refractivity contribution in [2.45, 2.75) is 20.8 Å². The number of fused-ring (bicyclic) bond motifs is 1. The second-order valence-electron chi connectivity index (χ2n) is 4.91. The van der Waals surface area contributed by atoms with Crippen LogP contribution < -0.4 is 10.3 Å². The molecule has 3 N–H and O–H groups in total. The Balaban J connectivity index is 2.32.